The Morgan fingerprint density at radius 1 is 1.50 bits per heavy atom. The van der Waals surface area contributed by atoms with E-state index in [2.05, 4.69) is 20.1 Å². The first-order chi connectivity index (χ1) is 7.70. The Kier molecular flexibility index (Phi) is 2.88. The van der Waals surface area contributed by atoms with Crippen LogP contribution in [0.25, 0.3) is 11.5 Å². The van der Waals surface area contributed by atoms with Crippen LogP contribution >= 0.6 is 0 Å². The normalized spacial score (nSPS) is 12.7. The van der Waals surface area contributed by atoms with E-state index in [9.17, 15) is 5.11 Å². The van der Waals surface area contributed by atoms with Gasteiger partial charge in [0.25, 0.3) is 5.89 Å². The highest BCUT2D eigenvalue weighted by Gasteiger charge is 2.15. The third-order valence-corrected chi connectivity index (χ3v) is 1.96. The van der Waals surface area contributed by atoms with E-state index in [1.165, 1.54) is 0 Å². The maximum absolute atomic E-state index is 9.39. The monoisotopic (exact) mass is 221 g/mol. The van der Waals surface area contributed by atoms with E-state index in [1.54, 1.807) is 19.2 Å². The summed E-state index contributed by atoms with van der Waals surface area (Å²) in [7, 11) is 0. The Hall–Kier alpha value is -1.86. The van der Waals surface area contributed by atoms with Gasteiger partial charge in [-0.2, -0.15) is 4.98 Å². The van der Waals surface area contributed by atoms with Crippen LogP contribution in [0.15, 0.2) is 16.8 Å². The minimum atomic E-state index is -0.941. The number of hydrogen-bond donors (Lipinski definition) is 2. The SMILES string of the molecule is Cc1nccc(-c2noc(C(O)CN)n2)n1. The molecule has 16 heavy (non-hydrogen) atoms. The van der Waals surface area contributed by atoms with E-state index in [1.807, 2.05) is 0 Å². The molecule has 0 radical (unpaired) electrons. The van der Waals surface area contributed by atoms with Crippen molar-refractivity contribution in [1.29, 1.82) is 0 Å². The molecule has 0 aliphatic heterocycles. The Morgan fingerprint density at radius 3 is 3.00 bits per heavy atom. The molecule has 2 aromatic rings. The van der Waals surface area contributed by atoms with Crippen LogP contribution in [0, 0.1) is 6.92 Å². The minimum Gasteiger partial charge on any atom is -0.382 e. The Balaban J connectivity index is 2.31. The maximum Gasteiger partial charge on any atom is 0.257 e. The Morgan fingerprint density at radius 2 is 2.31 bits per heavy atom. The van der Waals surface area contributed by atoms with Gasteiger partial charge in [0.15, 0.2) is 0 Å². The van der Waals surface area contributed by atoms with E-state index in [4.69, 9.17) is 10.3 Å². The number of aromatic nitrogens is 4. The molecule has 84 valence electrons. The Bertz CT molecular complexity index is 484. The van der Waals surface area contributed by atoms with Gasteiger partial charge in [0.1, 0.15) is 17.6 Å². The second kappa shape index (κ2) is 4.33. The van der Waals surface area contributed by atoms with Crippen LogP contribution in [0.5, 0.6) is 0 Å². The molecule has 1 unspecified atom stereocenters. The molecule has 0 saturated heterocycles. The maximum atomic E-state index is 9.39. The highest BCUT2D eigenvalue weighted by molar-refractivity contribution is 5.46. The van der Waals surface area contributed by atoms with Gasteiger partial charge in [0, 0.05) is 12.7 Å². The fourth-order valence-corrected chi connectivity index (χ4v) is 1.16. The number of aryl methyl sites for hydroxylation is 1. The zero-order valence-electron chi connectivity index (χ0n) is 8.66. The van der Waals surface area contributed by atoms with Crippen molar-refractivity contribution in [2.24, 2.45) is 5.73 Å². The van der Waals surface area contributed by atoms with Crippen LogP contribution in [0.4, 0.5) is 0 Å². The second-order valence-corrected chi connectivity index (χ2v) is 3.20. The highest BCUT2D eigenvalue weighted by atomic mass is 16.5. The topological polar surface area (TPSA) is 111 Å². The van der Waals surface area contributed by atoms with Gasteiger partial charge >= 0.3 is 0 Å². The number of rotatable bonds is 3. The summed E-state index contributed by atoms with van der Waals surface area (Å²) in [4.78, 5) is 12.1. The van der Waals surface area contributed by atoms with Crippen molar-refractivity contribution in [2.75, 3.05) is 6.54 Å². The molecule has 7 nitrogen and oxygen atoms in total. The van der Waals surface area contributed by atoms with Crippen LogP contribution in [-0.4, -0.2) is 31.8 Å². The van der Waals surface area contributed by atoms with E-state index in [-0.39, 0.29) is 12.4 Å². The molecule has 0 spiro atoms. The molecule has 0 aliphatic carbocycles. The zero-order chi connectivity index (χ0) is 11.5. The van der Waals surface area contributed by atoms with Crippen molar-refractivity contribution < 1.29 is 9.63 Å². The van der Waals surface area contributed by atoms with E-state index >= 15 is 0 Å². The highest BCUT2D eigenvalue weighted by Crippen LogP contribution is 2.15. The summed E-state index contributed by atoms with van der Waals surface area (Å²) in [5.41, 5.74) is 5.82. The molecule has 0 aliphatic rings. The van der Waals surface area contributed by atoms with Gasteiger partial charge in [0.2, 0.25) is 5.82 Å². The van der Waals surface area contributed by atoms with Crippen molar-refractivity contribution in [1.82, 2.24) is 20.1 Å². The molecule has 2 heterocycles. The molecule has 1 atom stereocenters. The summed E-state index contributed by atoms with van der Waals surface area (Å²) >= 11 is 0. The third-order valence-electron chi connectivity index (χ3n) is 1.96. The van der Waals surface area contributed by atoms with Crippen LogP contribution in [-0.2, 0) is 0 Å². The van der Waals surface area contributed by atoms with E-state index in [0.717, 1.165) is 0 Å². The number of aliphatic hydroxyl groups is 1. The van der Waals surface area contributed by atoms with Crippen molar-refractivity contribution in [3.05, 3.63) is 24.0 Å². The van der Waals surface area contributed by atoms with Gasteiger partial charge in [-0.25, -0.2) is 9.97 Å². The van der Waals surface area contributed by atoms with Crippen molar-refractivity contribution >= 4 is 0 Å². The van der Waals surface area contributed by atoms with Crippen molar-refractivity contribution in [3.8, 4) is 11.5 Å². The van der Waals surface area contributed by atoms with Gasteiger partial charge in [-0.3, -0.25) is 0 Å². The first-order valence-corrected chi connectivity index (χ1v) is 4.72. The summed E-state index contributed by atoms with van der Waals surface area (Å²) < 4.78 is 4.86. The molecule has 7 heteroatoms. The molecular weight excluding hydrogens is 210 g/mol. The molecule has 2 rings (SSSR count). The zero-order valence-corrected chi connectivity index (χ0v) is 8.66. The van der Waals surface area contributed by atoms with Crippen molar-refractivity contribution in [3.63, 3.8) is 0 Å². The molecule has 2 aromatic heterocycles. The number of aliphatic hydroxyl groups excluding tert-OH is 1. The van der Waals surface area contributed by atoms with Crippen LogP contribution < -0.4 is 5.73 Å². The van der Waals surface area contributed by atoms with Gasteiger partial charge in [-0.1, -0.05) is 5.16 Å². The van der Waals surface area contributed by atoms with Gasteiger partial charge < -0.3 is 15.4 Å². The summed E-state index contributed by atoms with van der Waals surface area (Å²) in [6.45, 7) is 1.80. The van der Waals surface area contributed by atoms with Crippen LogP contribution in [0.1, 0.15) is 17.8 Å². The van der Waals surface area contributed by atoms with Crippen LogP contribution in [0.3, 0.4) is 0 Å². The lowest BCUT2D eigenvalue weighted by Crippen LogP contribution is -2.11. The minimum absolute atomic E-state index is 0.0322. The molecular formula is C9H11N5O2. The first kappa shape index (κ1) is 10.7. The smallest absolute Gasteiger partial charge is 0.257 e. The molecule has 0 saturated carbocycles. The predicted octanol–water partition coefficient (Wildman–Crippen LogP) is -0.173. The lowest BCUT2D eigenvalue weighted by Gasteiger charge is -1.98. The quantitative estimate of drug-likeness (QED) is 0.739. The van der Waals surface area contributed by atoms with Gasteiger partial charge in [0.05, 0.1) is 0 Å². The van der Waals surface area contributed by atoms with Crippen molar-refractivity contribution in [2.45, 2.75) is 13.0 Å². The largest absolute Gasteiger partial charge is 0.382 e. The average molecular weight is 221 g/mol. The van der Waals surface area contributed by atoms with Gasteiger partial charge in [-0.05, 0) is 13.0 Å². The fourth-order valence-electron chi connectivity index (χ4n) is 1.16. The van der Waals surface area contributed by atoms with Crippen LogP contribution in [0.2, 0.25) is 0 Å². The second-order valence-electron chi connectivity index (χ2n) is 3.20. The summed E-state index contributed by atoms with van der Waals surface area (Å²) in [6.07, 6.45) is 0.664. The van der Waals surface area contributed by atoms with Gasteiger partial charge in [-0.15, -0.1) is 0 Å². The fraction of sp³-hybridized carbons (Fsp3) is 0.333. The molecule has 0 amide bonds. The summed E-state index contributed by atoms with van der Waals surface area (Å²) in [5.74, 6) is 1.02. The number of hydrogen-bond acceptors (Lipinski definition) is 7. The third kappa shape index (κ3) is 2.05. The van der Waals surface area contributed by atoms with E-state index in [0.29, 0.717) is 17.3 Å². The summed E-state index contributed by atoms with van der Waals surface area (Å²) in [5, 5.41) is 13.1. The Labute approximate surface area is 91.3 Å². The molecule has 0 fully saturated rings. The summed E-state index contributed by atoms with van der Waals surface area (Å²) in [6, 6.07) is 1.66. The molecule has 3 N–H and O–H groups in total. The molecule has 0 bridgehead atoms. The first-order valence-electron chi connectivity index (χ1n) is 4.72. The lowest BCUT2D eigenvalue weighted by molar-refractivity contribution is 0.141. The lowest BCUT2D eigenvalue weighted by atomic mass is 10.3. The number of nitrogens with zero attached hydrogens (tertiary/aromatic N) is 4. The van der Waals surface area contributed by atoms with E-state index < -0.39 is 6.10 Å². The standard InChI is InChI=1S/C9H11N5O2/c1-5-11-3-2-6(12-5)8-13-9(16-14-8)7(15)4-10/h2-3,7,15H,4,10H2,1H3. The average Bonchev–Trinajstić information content (AvgIpc) is 2.77. The number of nitrogens with two attached hydrogens (primary N) is 1. The molecule has 0 aromatic carbocycles. The predicted molar refractivity (Wildman–Crippen MR) is 54.1 cm³/mol.